The first kappa shape index (κ1) is 22.5. The fourth-order valence-corrected chi connectivity index (χ4v) is 3.27. The van der Waals surface area contributed by atoms with E-state index in [0.29, 0.717) is 17.9 Å². The van der Waals surface area contributed by atoms with Gasteiger partial charge in [0.15, 0.2) is 17.6 Å². The molecule has 160 valence electrons. The summed E-state index contributed by atoms with van der Waals surface area (Å²) in [5, 5.41) is 5.03. The monoisotopic (exact) mass is 406 g/mol. The lowest BCUT2D eigenvalue weighted by molar-refractivity contribution is -0.154. The summed E-state index contributed by atoms with van der Waals surface area (Å²) in [6.07, 6.45) is 4.64. The molecule has 0 heterocycles. The summed E-state index contributed by atoms with van der Waals surface area (Å²) >= 11 is 0. The normalized spacial score (nSPS) is 15.1. The van der Waals surface area contributed by atoms with Crippen molar-refractivity contribution in [2.75, 3.05) is 14.2 Å². The zero-order valence-corrected chi connectivity index (χ0v) is 17.3. The lowest BCUT2D eigenvalue weighted by Gasteiger charge is -2.23. The van der Waals surface area contributed by atoms with Crippen LogP contribution in [-0.4, -0.2) is 44.3 Å². The Hall–Kier alpha value is -2.77. The number of hydrogen-bond donors (Lipinski definition) is 2. The van der Waals surface area contributed by atoms with Crippen LogP contribution in [0.5, 0.6) is 11.5 Å². The number of aryl methyl sites for hydroxylation is 1. The van der Waals surface area contributed by atoms with E-state index in [1.165, 1.54) is 13.3 Å². The number of amides is 3. The summed E-state index contributed by atoms with van der Waals surface area (Å²) in [4.78, 5) is 36.1. The van der Waals surface area contributed by atoms with Crippen molar-refractivity contribution in [3.63, 3.8) is 0 Å². The van der Waals surface area contributed by atoms with Crippen molar-refractivity contribution in [2.45, 2.75) is 64.0 Å². The van der Waals surface area contributed by atoms with Gasteiger partial charge in [0.05, 0.1) is 14.2 Å². The molecule has 1 fully saturated rings. The van der Waals surface area contributed by atoms with Crippen molar-refractivity contribution in [1.82, 2.24) is 10.6 Å². The minimum atomic E-state index is -1.05. The number of hydrogen-bond acceptors (Lipinski definition) is 6. The Balaban J connectivity index is 1.74. The van der Waals surface area contributed by atoms with Gasteiger partial charge in [0, 0.05) is 12.5 Å². The van der Waals surface area contributed by atoms with Crippen LogP contribution in [0, 0.1) is 0 Å². The van der Waals surface area contributed by atoms with Gasteiger partial charge >= 0.3 is 12.0 Å². The maximum Gasteiger partial charge on any atom is 0.321 e. The molecule has 0 radical (unpaired) electrons. The first-order valence-corrected chi connectivity index (χ1v) is 9.94. The minimum absolute atomic E-state index is 0.0934. The summed E-state index contributed by atoms with van der Waals surface area (Å²) < 4.78 is 15.6. The topological polar surface area (TPSA) is 103 Å². The number of rotatable bonds is 8. The molecule has 1 aromatic rings. The molecule has 1 saturated carbocycles. The molecule has 2 rings (SSSR count). The maximum atomic E-state index is 12.1. The van der Waals surface area contributed by atoms with Crippen LogP contribution in [0.3, 0.4) is 0 Å². The third-order valence-electron chi connectivity index (χ3n) is 4.92. The predicted molar refractivity (Wildman–Crippen MR) is 107 cm³/mol. The second kappa shape index (κ2) is 11.3. The van der Waals surface area contributed by atoms with E-state index in [2.05, 4.69) is 10.6 Å². The molecule has 1 aromatic carbocycles. The van der Waals surface area contributed by atoms with Gasteiger partial charge in [-0.2, -0.15) is 0 Å². The summed E-state index contributed by atoms with van der Waals surface area (Å²) in [6.45, 7) is 1.44. The largest absolute Gasteiger partial charge is 0.493 e. The molecule has 0 bridgehead atoms. The number of esters is 1. The maximum absolute atomic E-state index is 12.1. The Bertz CT molecular complexity index is 715. The van der Waals surface area contributed by atoms with Crippen LogP contribution in [0.2, 0.25) is 0 Å². The SMILES string of the molecule is COc1ccc(CCC(=O)O[C@@H](C)C(=O)NC(=O)NC2CCCCC2)cc1OC. The zero-order valence-electron chi connectivity index (χ0n) is 17.3. The van der Waals surface area contributed by atoms with Gasteiger partial charge in [-0.05, 0) is 43.9 Å². The molecule has 1 aliphatic rings. The summed E-state index contributed by atoms with van der Waals surface area (Å²) in [7, 11) is 3.09. The zero-order chi connectivity index (χ0) is 21.2. The lowest BCUT2D eigenvalue weighted by atomic mass is 9.96. The lowest BCUT2D eigenvalue weighted by Crippen LogP contribution is -2.48. The fraction of sp³-hybridized carbons (Fsp3) is 0.571. The fourth-order valence-electron chi connectivity index (χ4n) is 3.27. The Morgan fingerprint density at radius 2 is 1.76 bits per heavy atom. The van der Waals surface area contributed by atoms with E-state index in [4.69, 9.17) is 14.2 Å². The third kappa shape index (κ3) is 7.29. The van der Waals surface area contributed by atoms with Gasteiger partial charge in [-0.3, -0.25) is 14.9 Å². The first-order valence-electron chi connectivity index (χ1n) is 9.94. The smallest absolute Gasteiger partial charge is 0.321 e. The highest BCUT2D eigenvalue weighted by atomic mass is 16.5. The van der Waals surface area contributed by atoms with Crippen molar-refractivity contribution >= 4 is 17.9 Å². The number of urea groups is 1. The molecule has 0 aliphatic heterocycles. The van der Waals surface area contributed by atoms with Gasteiger partial charge in [-0.15, -0.1) is 0 Å². The number of benzene rings is 1. The second-order valence-electron chi connectivity index (χ2n) is 7.12. The molecule has 0 spiro atoms. The molecular weight excluding hydrogens is 376 g/mol. The van der Waals surface area contributed by atoms with Crippen LogP contribution < -0.4 is 20.1 Å². The highest BCUT2D eigenvalue weighted by molar-refractivity contribution is 5.97. The van der Waals surface area contributed by atoms with Crippen molar-refractivity contribution < 1.29 is 28.6 Å². The highest BCUT2D eigenvalue weighted by Crippen LogP contribution is 2.28. The summed E-state index contributed by atoms with van der Waals surface area (Å²) in [5.41, 5.74) is 0.878. The van der Waals surface area contributed by atoms with Gasteiger partial charge in [0.1, 0.15) is 0 Å². The Morgan fingerprint density at radius 3 is 2.41 bits per heavy atom. The quantitative estimate of drug-likeness (QED) is 0.644. The number of imide groups is 1. The molecule has 3 amide bonds. The van der Waals surface area contributed by atoms with Gasteiger partial charge in [-0.1, -0.05) is 25.3 Å². The van der Waals surface area contributed by atoms with Crippen molar-refractivity contribution in [2.24, 2.45) is 0 Å². The average Bonchev–Trinajstić information content (AvgIpc) is 2.72. The Kier molecular flexibility index (Phi) is 8.76. The number of methoxy groups -OCH3 is 2. The second-order valence-corrected chi connectivity index (χ2v) is 7.12. The molecule has 0 saturated heterocycles. The van der Waals surface area contributed by atoms with E-state index in [0.717, 1.165) is 31.2 Å². The van der Waals surface area contributed by atoms with E-state index in [-0.39, 0.29) is 12.5 Å². The standard InChI is InChI=1S/C21H30N2O6/c1-14(20(25)23-21(26)22-16-7-5-4-6-8-16)29-19(24)12-10-15-9-11-17(27-2)18(13-15)28-3/h9,11,13-14,16H,4-8,10,12H2,1-3H3,(H2,22,23,25,26)/t14-/m0/s1. The van der Waals surface area contributed by atoms with E-state index in [9.17, 15) is 14.4 Å². The molecule has 29 heavy (non-hydrogen) atoms. The van der Waals surface area contributed by atoms with Crippen LogP contribution in [0.4, 0.5) is 4.79 Å². The van der Waals surface area contributed by atoms with Gasteiger partial charge < -0.3 is 19.5 Å². The van der Waals surface area contributed by atoms with Crippen molar-refractivity contribution in [3.8, 4) is 11.5 Å². The molecule has 1 aliphatic carbocycles. The molecule has 8 heteroatoms. The molecule has 0 unspecified atom stereocenters. The average molecular weight is 406 g/mol. The number of nitrogens with one attached hydrogen (secondary N) is 2. The Labute approximate surface area is 171 Å². The van der Waals surface area contributed by atoms with Gasteiger partial charge in [0.2, 0.25) is 0 Å². The van der Waals surface area contributed by atoms with Crippen LogP contribution in [-0.2, 0) is 20.7 Å². The summed E-state index contributed by atoms with van der Waals surface area (Å²) in [6, 6.07) is 4.93. The molecule has 0 aromatic heterocycles. The van der Waals surface area contributed by atoms with Crippen LogP contribution in [0.1, 0.15) is 51.0 Å². The van der Waals surface area contributed by atoms with Crippen LogP contribution in [0.15, 0.2) is 18.2 Å². The predicted octanol–water partition coefficient (Wildman–Crippen LogP) is 2.73. The van der Waals surface area contributed by atoms with E-state index < -0.39 is 24.0 Å². The molecular formula is C21H30N2O6. The van der Waals surface area contributed by atoms with Crippen LogP contribution in [0.25, 0.3) is 0 Å². The molecule has 8 nitrogen and oxygen atoms in total. The van der Waals surface area contributed by atoms with Gasteiger partial charge in [-0.25, -0.2) is 4.79 Å². The number of carbonyl (C=O) groups is 3. The number of ether oxygens (including phenoxy) is 3. The molecule has 1 atom stereocenters. The Morgan fingerprint density at radius 1 is 1.07 bits per heavy atom. The van der Waals surface area contributed by atoms with E-state index >= 15 is 0 Å². The van der Waals surface area contributed by atoms with Gasteiger partial charge in [0.25, 0.3) is 5.91 Å². The van der Waals surface area contributed by atoms with E-state index in [1.807, 2.05) is 6.07 Å². The number of carbonyl (C=O) groups excluding carboxylic acids is 3. The highest BCUT2D eigenvalue weighted by Gasteiger charge is 2.22. The summed E-state index contributed by atoms with van der Waals surface area (Å²) in [5.74, 6) is 0.0265. The van der Waals surface area contributed by atoms with Crippen molar-refractivity contribution in [3.05, 3.63) is 23.8 Å². The minimum Gasteiger partial charge on any atom is -0.493 e. The molecule has 2 N–H and O–H groups in total. The third-order valence-corrected chi connectivity index (χ3v) is 4.92. The first-order chi connectivity index (χ1) is 13.9. The van der Waals surface area contributed by atoms with E-state index in [1.54, 1.807) is 26.4 Å². The van der Waals surface area contributed by atoms with Crippen molar-refractivity contribution in [1.29, 1.82) is 0 Å². The van der Waals surface area contributed by atoms with Crippen LogP contribution >= 0.6 is 0 Å².